The highest BCUT2D eigenvalue weighted by Gasteiger charge is 2.03. The summed E-state index contributed by atoms with van der Waals surface area (Å²) in [6.07, 6.45) is 2.09. The van der Waals surface area contributed by atoms with E-state index < -0.39 is 0 Å². The zero-order valence-corrected chi connectivity index (χ0v) is 12.5. The molecule has 23 heavy (non-hydrogen) atoms. The van der Waals surface area contributed by atoms with Crippen molar-refractivity contribution in [2.75, 3.05) is 13.2 Å². The van der Waals surface area contributed by atoms with Gasteiger partial charge in [0, 0.05) is 38.0 Å². The van der Waals surface area contributed by atoms with Crippen LogP contribution in [0.5, 0.6) is 11.6 Å². The number of hydrogen-bond acceptors (Lipinski definition) is 4. The van der Waals surface area contributed by atoms with Crippen molar-refractivity contribution >= 4 is 6.03 Å². The van der Waals surface area contributed by atoms with Crippen LogP contribution >= 0.6 is 0 Å². The summed E-state index contributed by atoms with van der Waals surface area (Å²) < 4.78 is 18.5. The number of ether oxygens (including phenoxy) is 1. The first-order valence-corrected chi connectivity index (χ1v) is 7.18. The number of nitrogens with zero attached hydrogens (tertiary/aromatic N) is 1. The summed E-state index contributed by atoms with van der Waals surface area (Å²) in [7, 11) is 0. The second-order valence-corrected chi connectivity index (χ2v) is 4.75. The van der Waals surface area contributed by atoms with E-state index in [-0.39, 0.29) is 18.5 Å². The molecule has 2 rings (SSSR count). The maximum Gasteiger partial charge on any atom is 0.315 e. The molecular formula is C16H18FN3O3. The van der Waals surface area contributed by atoms with Gasteiger partial charge in [-0.2, -0.15) is 0 Å². The third-order valence-corrected chi connectivity index (χ3v) is 2.89. The molecule has 1 heterocycles. The predicted molar refractivity (Wildman–Crippen MR) is 82.7 cm³/mol. The molecule has 2 amide bonds. The molecule has 122 valence electrons. The Hall–Kier alpha value is -2.67. The summed E-state index contributed by atoms with van der Waals surface area (Å²) in [5, 5.41) is 13.9. The lowest BCUT2D eigenvalue weighted by Crippen LogP contribution is -2.35. The van der Waals surface area contributed by atoms with Gasteiger partial charge in [-0.15, -0.1) is 0 Å². The minimum atomic E-state index is -0.379. The van der Waals surface area contributed by atoms with Gasteiger partial charge in [0.1, 0.15) is 11.6 Å². The molecule has 0 aliphatic rings. The third-order valence-electron chi connectivity index (χ3n) is 2.89. The largest absolute Gasteiger partial charge is 0.439 e. The molecule has 7 heteroatoms. The lowest BCUT2D eigenvalue weighted by molar-refractivity contribution is 0.237. The monoisotopic (exact) mass is 319 g/mol. The second-order valence-electron chi connectivity index (χ2n) is 4.75. The number of aromatic nitrogens is 1. The fourth-order valence-electron chi connectivity index (χ4n) is 1.75. The van der Waals surface area contributed by atoms with E-state index in [9.17, 15) is 9.18 Å². The molecule has 0 saturated heterocycles. The molecule has 2 aromatic rings. The van der Waals surface area contributed by atoms with Gasteiger partial charge in [0.05, 0.1) is 0 Å². The maximum absolute atomic E-state index is 13.1. The number of amides is 2. The minimum Gasteiger partial charge on any atom is -0.439 e. The van der Waals surface area contributed by atoms with Crippen LogP contribution in [0.15, 0.2) is 42.6 Å². The van der Waals surface area contributed by atoms with Crippen molar-refractivity contribution in [3.63, 3.8) is 0 Å². The van der Waals surface area contributed by atoms with Gasteiger partial charge in [0.2, 0.25) is 5.88 Å². The summed E-state index contributed by atoms with van der Waals surface area (Å²) in [5.74, 6) is 0.328. The average molecular weight is 319 g/mol. The Morgan fingerprint density at radius 2 is 2.13 bits per heavy atom. The van der Waals surface area contributed by atoms with Crippen LogP contribution < -0.4 is 15.4 Å². The van der Waals surface area contributed by atoms with E-state index in [1.807, 2.05) is 0 Å². The van der Waals surface area contributed by atoms with Crippen LogP contribution in [0.3, 0.4) is 0 Å². The van der Waals surface area contributed by atoms with Gasteiger partial charge in [0.25, 0.3) is 0 Å². The van der Waals surface area contributed by atoms with Gasteiger partial charge in [-0.25, -0.2) is 14.2 Å². The molecule has 0 fully saturated rings. The number of pyridine rings is 1. The zero-order valence-electron chi connectivity index (χ0n) is 12.5. The summed E-state index contributed by atoms with van der Waals surface area (Å²) in [6.45, 7) is 0.774. The molecule has 1 aromatic heterocycles. The zero-order chi connectivity index (χ0) is 16.5. The van der Waals surface area contributed by atoms with E-state index in [1.165, 1.54) is 12.1 Å². The summed E-state index contributed by atoms with van der Waals surface area (Å²) >= 11 is 0. The van der Waals surface area contributed by atoms with Crippen molar-refractivity contribution in [1.82, 2.24) is 15.6 Å². The SMILES string of the molecule is O=C(NCCCO)NCc1ccc(Oc2cccc(F)c2)nc1. The van der Waals surface area contributed by atoms with Crippen LogP contribution in [0.25, 0.3) is 0 Å². The van der Waals surface area contributed by atoms with E-state index >= 15 is 0 Å². The Morgan fingerprint density at radius 1 is 1.26 bits per heavy atom. The van der Waals surface area contributed by atoms with Crippen LogP contribution in [0.1, 0.15) is 12.0 Å². The number of benzene rings is 1. The molecule has 3 N–H and O–H groups in total. The van der Waals surface area contributed by atoms with E-state index in [1.54, 1.807) is 30.5 Å². The van der Waals surface area contributed by atoms with Crippen LogP contribution in [0.2, 0.25) is 0 Å². The van der Waals surface area contributed by atoms with Crippen molar-refractivity contribution in [3.8, 4) is 11.6 Å². The molecule has 0 saturated carbocycles. The Balaban J connectivity index is 1.81. The van der Waals surface area contributed by atoms with Gasteiger partial charge in [-0.3, -0.25) is 0 Å². The molecule has 6 nitrogen and oxygen atoms in total. The second kappa shape index (κ2) is 8.70. The van der Waals surface area contributed by atoms with Crippen LogP contribution in [-0.4, -0.2) is 29.3 Å². The lowest BCUT2D eigenvalue weighted by atomic mass is 10.3. The fourth-order valence-corrected chi connectivity index (χ4v) is 1.75. The van der Waals surface area contributed by atoms with Crippen molar-refractivity contribution in [2.45, 2.75) is 13.0 Å². The van der Waals surface area contributed by atoms with Gasteiger partial charge in [0.15, 0.2) is 0 Å². The molecular weight excluding hydrogens is 301 g/mol. The topological polar surface area (TPSA) is 83.5 Å². The highest BCUT2D eigenvalue weighted by Crippen LogP contribution is 2.19. The standard InChI is InChI=1S/C16H18FN3O3/c17-13-3-1-4-14(9-13)23-15-6-5-12(10-19-15)11-20-16(22)18-7-2-8-21/h1,3-6,9-10,21H,2,7-8,11H2,(H2,18,20,22). The fraction of sp³-hybridized carbons (Fsp3) is 0.250. The predicted octanol–water partition coefficient (Wildman–Crippen LogP) is 2.19. The molecule has 0 bridgehead atoms. The van der Waals surface area contributed by atoms with Crippen molar-refractivity contribution in [2.24, 2.45) is 0 Å². The van der Waals surface area contributed by atoms with Gasteiger partial charge < -0.3 is 20.5 Å². The Labute approximate surface area is 133 Å². The molecule has 0 aliphatic heterocycles. The van der Waals surface area contributed by atoms with Crippen LogP contribution in [0, 0.1) is 5.82 Å². The highest BCUT2D eigenvalue weighted by atomic mass is 19.1. The summed E-state index contributed by atoms with van der Waals surface area (Å²) in [6, 6.07) is 8.89. The van der Waals surface area contributed by atoms with Crippen molar-refractivity contribution in [1.29, 1.82) is 0 Å². The van der Waals surface area contributed by atoms with E-state index in [2.05, 4.69) is 15.6 Å². The molecule has 0 spiro atoms. The molecule has 0 aliphatic carbocycles. The number of aliphatic hydroxyl groups excluding tert-OH is 1. The number of carbonyl (C=O) groups excluding carboxylic acids is 1. The maximum atomic E-state index is 13.1. The number of aliphatic hydroxyl groups is 1. The van der Waals surface area contributed by atoms with E-state index in [4.69, 9.17) is 9.84 Å². The van der Waals surface area contributed by atoms with Crippen LogP contribution in [-0.2, 0) is 6.54 Å². The average Bonchev–Trinajstić information content (AvgIpc) is 2.54. The van der Waals surface area contributed by atoms with Gasteiger partial charge in [-0.1, -0.05) is 12.1 Å². The van der Waals surface area contributed by atoms with Crippen molar-refractivity contribution < 1.29 is 19.0 Å². The molecule has 0 atom stereocenters. The number of halogens is 1. The van der Waals surface area contributed by atoms with Gasteiger partial charge in [-0.05, 0) is 24.1 Å². The first-order valence-electron chi connectivity index (χ1n) is 7.18. The quantitative estimate of drug-likeness (QED) is 0.683. The number of rotatable bonds is 7. The summed E-state index contributed by atoms with van der Waals surface area (Å²) in [5.41, 5.74) is 0.800. The molecule has 0 unspecified atom stereocenters. The Kier molecular flexibility index (Phi) is 6.31. The highest BCUT2D eigenvalue weighted by molar-refractivity contribution is 5.73. The van der Waals surface area contributed by atoms with Crippen molar-refractivity contribution in [3.05, 3.63) is 54.0 Å². The Bertz CT molecular complexity index is 635. The van der Waals surface area contributed by atoms with Crippen LogP contribution in [0.4, 0.5) is 9.18 Å². The van der Waals surface area contributed by atoms with E-state index in [0.717, 1.165) is 5.56 Å². The Morgan fingerprint density at radius 3 is 2.83 bits per heavy atom. The van der Waals surface area contributed by atoms with Gasteiger partial charge >= 0.3 is 6.03 Å². The normalized spacial score (nSPS) is 10.2. The number of carbonyl (C=O) groups is 1. The number of urea groups is 1. The van der Waals surface area contributed by atoms with E-state index in [0.29, 0.717) is 31.1 Å². The lowest BCUT2D eigenvalue weighted by Gasteiger charge is -2.08. The number of nitrogens with one attached hydrogen (secondary N) is 2. The first-order chi connectivity index (χ1) is 11.2. The number of hydrogen-bond donors (Lipinski definition) is 3. The molecule has 0 radical (unpaired) electrons. The minimum absolute atomic E-state index is 0.0387. The molecule has 1 aromatic carbocycles. The third kappa shape index (κ3) is 5.91. The first kappa shape index (κ1) is 16.7. The smallest absolute Gasteiger partial charge is 0.315 e. The summed E-state index contributed by atoms with van der Waals surface area (Å²) in [4.78, 5) is 15.6.